The summed E-state index contributed by atoms with van der Waals surface area (Å²) in [5.74, 6) is 1.64. The number of amides is 1. The number of carbonyl (C=O) groups excluding carboxylic acids is 1. The van der Waals surface area contributed by atoms with Gasteiger partial charge in [-0.15, -0.1) is 0 Å². The minimum Gasteiger partial charge on any atom is -0.383 e. The van der Waals surface area contributed by atoms with Crippen molar-refractivity contribution in [2.45, 2.75) is 19.8 Å². The van der Waals surface area contributed by atoms with Crippen LogP contribution in [0.1, 0.15) is 19.8 Å². The summed E-state index contributed by atoms with van der Waals surface area (Å²) >= 11 is 0. The molecule has 3 aromatic heterocycles. The van der Waals surface area contributed by atoms with Gasteiger partial charge in [-0.05, 0) is 42.0 Å². The average molecular weight is 333 g/mol. The summed E-state index contributed by atoms with van der Waals surface area (Å²) in [6.45, 7) is 2.11. The lowest BCUT2D eigenvalue weighted by molar-refractivity contribution is -0.117. The topological polar surface area (TPSA) is 93.8 Å². The number of carbonyl (C=O) groups is 1. The Kier molecular flexibility index (Phi) is 3.80. The molecule has 0 spiro atoms. The van der Waals surface area contributed by atoms with E-state index in [1.807, 2.05) is 24.3 Å². The summed E-state index contributed by atoms with van der Waals surface area (Å²) < 4.78 is 0. The first-order valence-electron chi connectivity index (χ1n) is 8.43. The van der Waals surface area contributed by atoms with E-state index in [2.05, 4.69) is 27.2 Å². The third-order valence-electron chi connectivity index (χ3n) is 4.74. The van der Waals surface area contributed by atoms with Crippen LogP contribution in [0.4, 0.5) is 11.6 Å². The fourth-order valence-corrected chi connectivity index (χ4v) is 3.14. The molecule has 3 heterocycles. The van der Waals surface area contributed by atoms with Gasteiger partial charge in [0.1, 0.15) is 11.6 Å². The van der Waals surface area contributed by atoms with Gasteiger partial charge in [0.25, 0.3) is 0 Å². The molecule has 1 amide bonds. The highest BCUT2D eigenvalue weighted by Gasteiger charge is 2.41. The van der Waals surface area contributed by atoms with Gasteiger partial charge in [0.15, 0.2) is 0 Å². The zero-order chi connectivity index (χ0) is 17.4. The van der Waals surface area contributed by atoms with E-state index in [1.165, 1.54) is 0 Å². The molecule has 6 heteroatoms. The molecule has 0 unspecified atom stereocenters. The van der Waals surface area contributed by atoms with Gasteiger partial charge in [-0.25, -0.2) is 9.97 Å². The molecule has 1 fully saturated rings. The molecule has 0 aliphatic heterocycles. The number of nitrogens with zero attached hydrogens (tertiary/aromatic N) is 3. The van der Waals surface area contributed by atoms with Crippen LogP contribution < -0.4 is 11.1 Å². The number of hydrogen-bond acceptors (Lipinski definition) is 5. The number of nitrogen functional groups attached to an aromatic ring is 1. The Bertz CT molecular complexity index is 941. The molecular weight excluding hydrogens is 314 g/mol. The van der Waals surface area contributed by atoms with Gasteiger partial charge < -0.3 is 11.1 Å². The zero-order valence-corrected chi connectivity index (χ0v) is 13.9. The number of hydrogen-bond donors (Lipinski definition) is 2. The van der Waals surface area contributed by atoms with Crippen molar-refractivity contribution < 1.29 is 4.79 Å². The maximum atomic E-state index is 12.2. The molecule has 0 saturated heterocycles. The average Bonchev–Trinajstić information content (AvgIpc) is 3.42. The van der Waals surface area contributed by atoms with Crippen molar-refractivity contribution in [1.82, 2.24) is 15.0 Å². The number of aromatic nitrogens is 3. The normalized spacial score (nSPS) is 18.9. The smallest absolute Gasteiger partial charge is 0.228 e. The highest BCUT2D eigenvalue weighted by molar-refractivity contribution is 5.98. The summed E-state index contributed by atoms with van der Waals surface area (Å²) in [6, 6.07) is 7.57. The summed E-state index contributed by atoms with van der Waals surface area (Å²) in [6.07, 6.45) is 7.13. The maximum absolute atomic E-state index is 12.2. The SMILES string of the molecule is CC[C@H]1C[C@@H]1C(=O)Nc1cc2cc(-c3cccnc3)nc(N)c2cn1. The van der Waals surface area contributed by atoms with Crippen molar-refractivity contribution in [3.05, 3.63) is 42.9 Å². The van der Waals surface area contributed by atoms with Gasteiger partial charge in [0, 0.05) is 35.5 Å². The second-order valence-corrected chi connectivity index (χ2v) is 6.42. The number of pyridine rings is 3. The lowest BCUT2D eigenvalue weighted by Gasteiger charge is -2.09. The predicted octanol–water partition coefficient (Wildman–Crippen LogP) is 3.26. The quantitative estimate of drug-likeness (QED) is 0.764. The summed E-state index contributed by atoms with van der Waals surface area (Å²) in [5, 5.41) is 4.57. The highest BCUT2D eigenvalue weighted by Crippen LogP contribution is 2.41. The van der Waals surface area contributed by atoms with E-state index in [4.69, 9.17) is 5.73 Å². The first kappa shape index (κ1) is 15.5. The van der Waals surface area contributed by atoms with Crippen LogP contribution in [0.25, 0.3) is 22.0 Å². The molecular formula is C19H19N5O. The van der Waals surface area contributed by atoms with Crippen LogP contribution in [0.5, 0.6) is 0 Å². The molecule has 2 atom stereocenters. The Morgan fingerprint density at radius 3 is 2.96 bits per heavy atom. The monoisotopic (exact) mass is 333 g/mol. The summed E-state index contributed by atoms with van der Waals surface area (Å²) in [4.78, 5) is 25.1. The van der Waals surface area contributed by atoms with Crippen molar-refractivity contribution in [1.29, 1.82) is 0 Å². The standard InChI is InChI=1S/C19H19N5O/c1-2-11-6-14(11)19(25)24-17-8-13-7-16(12-4-3-5-21-9-12)23-18(20)15(13)10-22-17/h3-5,7-11,14H,2,6H2,1H3,(H2,20,23)(H,22,24,25)/t11-,14-/m0/s1. The van der Waals surface area contributed by atoms with E-state index < -0.39 is 0 Å². The van der Waals surface area contributed by atoms with Crippen molar-refractivity contribution in [2.24, 2.45) is 11.8 Å². The molecule has 1 aliphatic carbocycles. The third-order valence-corrected chi connectivity index (χ3v) is 4.74. The Morgan fingerprint density at radius 2 is 2.24 bits per heavy atom. The fraction of sp³-hybridized carbons (Fsp3) is 0.263. The van der Waals surface area contributed by atoms with E-state index in [1.54, 1.807) is 18.6 Å². The Morgan fingerprint density at radius 1 is 1.36 bits per heavy atom. The van der Waals surface area contributed by atoms with E-state index in [0.29, 0.717) is 17.6 Å². The predicted molar refractivity (Wildman–Crippen MR) is 97.7 cm³/mol. The van der Waals surface area contributed by atoms with Crippen LogP contribution in [0, 0.1) is 11.8 Å². The van der Waals surface area contributed by atoms with Gasteiger partial charge in [0.05, 0.1) is 5.69 Å². The zero-order valence-electron chi connectivity index (χ0n) is 13.9. The molecule has 126 valence electrons. The van der Waals surface area contributed by atoms with Crippen LogP contribution >= 0.6 is 0 Å². The van der Waals surface area contributed by atoms with Crippen LogP contribution in [0.2, 0.25) is 0 Å². The second kappa shape index (κ2) is 6.12. The van der Waals surface area contributed by atoms with E-state index in [-0.39, 0.29) is 11.8 Å². The van der Waals surface area contributed by atoms with Crippen LogP contribution in [-0.4, -0.2) is 20.9 Å². The molecule has 3 N–H and O–H groups in total. The second-order valence-electron chi connectivity index (χ2n) is 6.42. The minimum atomic E-state index is 0.0493. The Hall–Kier alpha value is -3.02. The molecule has 0 aromatic carbocycles. The minimum absolute atomic E-state index is 0.0493. The van der Waals surface area contributed by atoms with E-state index in [9.17, 15) is 4.79 Å². The number of rotatable bonds is 4. The van der Waals surface area contributed by atoms with Gasteiger partial charge in [0.2, 0.25) is 5.91 Å². The van der Waals surface area contributed by atoms with Gasteiger partial charge >= 0.3 is 0 Å². The van der Waals surface area contributed by atoms with Crippen LogP contribution in [-0.2, 0) is 4.79 Å². The molecule has 0 radical (unpaired) electrons. The van der Waals surface area contributed by atoms with Crippen molar-refractivity contribution in [2.75, 3.05) is 11.1 Å². The fourth-order valence-electron chi connectivity index (χ4n) is 3.14. The molecule has 6 nitrogen and oxygen atoms in total. The molecule has 3 aromatic rings. The van der Waals surface area contributed by atoms with Gasteiger partial charge in [-0.1, -0.05) is 13.3 Å². The van der Waals surface area contributed by atoms with Gasteiger partial charge in [-0.2, -0.15) is 0 Å². The third kappa shape index (κ3) is 3.03. The van der Waals surface area contributed by atoms with E-state index >= 15 is 0 Å². The molecule has 25 heavy (non-hydrogen) atoms. The Labute approximate surface area is 145 Å². The molecule has 4 rings (SSSR count). The van der Waals surface area contributed by atoms with Crippen molar-refractivity contribution >= 4 is 28.3 Å². The van der Waals surface area contributed by atoms with Crippen molar-refractivity contribution in [3.63, 3.8) is 0 Å². The highest BCUT2D eigenvalue weighted by atomic mass is 16.2. The lowest BCUT2D eigenvalue weighted by atomic mass is 10.1. The lowest BCUT2D eigenvalue weighted by Crippen LogP contribution is -2.15. The molecule has 1 aliphatic rings. The first-order chi connectivity index (χ1) is 12.2. The van der Waals surface area contributed by atoms with E-state index in [0.717, 1.165) is 34.9 Å². The van der Waals surface area contributed by atoms with Gasteiger partial charge in [-0.3, -0.25) is 9.78 Å². The number of anilines is 2. The number of nitrogens with two attached hydrogens (primary N) is 1. The van der Waals surface area contributed by atoms with Crippen LogP contribution in [0.15, 0.2) is 42.9 Å². The van der Waals surface area contributed by atoms with Crippen molar-refractivity contribution in [3.8, 4) is 11.3 Å². The largest absolute Gasteiger partial charge is 0.383 e. The maximum Gasteiger partial charge on any atom is 0.228 e. The summed E-state index contributed by atoms with van der Waals surface area (Å²) in [5.41, 5.74) is 7.72. The van der Waals surface area contributed by atoms with Crippen LogP contribution in [0.3, 0.4) is 0 Å². The number of nitrogens with one attached hydrogen (secondary N) is 1. The molecule has 1 saturated carbocycles. The molecule has 0 bridgehead atoms. The first-order valence-corrected chi connectivity index (χ1v) is 8.43. The number of fused-ring (bicyclic) bond motifs is 1. The Balaban J connectivity index is 1.66. The summed E-state index contributed by atoms with van der Waals surface area (Å²) in [7, 11) is 0.